The van der Waals surface area contributed by atoms with Gasteiger partial charge < -0.3 is 29.6 Å². The van der Waals surface area contributed by atoms with Crippen molar-refractivity contribution in [3.8, 4) is 17.2 Å². The van der Waals surface area contributed by atoms with Gasteiger partial charge in [-0.1, -0.05) is 19.4 Å². The molecule has 2 aromatic rings. The molecule has 0 aromatic heterocycles. The van der Waals surface area contributed by atoms with Crippen molar-refractivity contribution in [3.05, 3.63) is 52.6 Å². The Balaban J connectivity index is 0.00000385. The summed E-state index contributed by atoms with van der Waals surface area (Å²) in [7, 11) is 0. The number of benzene rings is 2. The quantitative estimate of drug-likeness (QED) is 0.268. The van der Waals surface area contributed by atoms with E-state index in [0.29, 0.717) is 55.1 Å². The Morgan fingerprint density at radius 2 is 1.88 bits per heavy atom. The smallest absolute Gasteiger partial charge is 0.550 e. The number of hydrogen-bond acceptors (Lipinski definition) is 7. The van der Waals surface area contributed by atoms with Gasteiger partial charge in [-0.3, -0.25) is 4.79 Å². The second kappa shape index (κ2) is 12.4. The molecule has 8 heteroatoms. The van der Waals surface area contributed by atoms with Crippen LogP contribution in [0.15, 0.2) is 30.3 Å². The number of hydrogen-bond donors (Lipinski definition) is 2. The molecule has 0 fully saturated rings. The molecule has 0 amide bonds. The summed E-state index contributed by atoms with van der Waals surface area (Å²) in [6, 6.07) is 8.68. The predicted octanol–water partition coefficient (Wildman–Crippen LogP) is -0.255. The monoisotopic (exact) mass is 464 g/mol. The van der Waals surface area contributed by atoms with Crippen LogP contribution in [0.25, 0.3) is 0 Å². The minimum Gasteiger partial charge on any atom is -0.550 e. The maximum absolute atomic E-state index is 11.7. The Morgan fingerprint density at radius 3 is 2.55 bits per heavy atom. The van der Waals surface area contributed by atoms with Crippen LogP contribution in [0.2, 0.25) is 0 Å². The second-order valence-electron chi connectivity index (χ2n) is 8.14. The summed E-state index contributed by atoms with van der Waals surface area (Å²) >= 11 is 0. The van der Waals surface area contributed by atoms with Gasteiger partial charge in [-0.05, 0) is 67.5 Å². The number of ketones is 1. The molecule has 3 rings (SSSR count). The first-order valence-corrected chi connectivity index (χ1v) is 10.9. The van der Waals surface area contributed by atoms with Gasteiger partial charge in [0.1, 0.15) is 17.2 Å². The SMILES string of the molecule is CCCc1c(OCCCOc2ccc3c(c2)CC(CC(=O)[O-])C3O)ccc(C(C)=O)c1O.[Na+]. The molecule has 2 N–H and O–H groups in total. The summed E-state index contributed by atoms with van der Waals surface area (Å²) in [6.45, 7) is 4.21. The second-order valence-corrected chi connectivity index (χ2v) is 8.14. The van der Waals surface area contributed by atoms with Crippen LogP contribution in [0.1, 0.15) is 66.3 Å². The number of carboxylic acids is 1. The standard InChI is InChI=1S/C25H30O7.Na/c1-3-5-21-22(9-8-19(15(2)26)25(21)30)32-11-4-10-31-18-6-7-20-16(13-18)12-17(24(20)29)14-23(27)28;/h6-9,13,17,24,29-30H,3-5,10-12,14H2,1-2H3,(H,27,28);/q;+1/p-1. The molecule has 1 aliphatic rings. The molecule has 2 aromatic carbocycles. The average Bonchev–Trinajstić information content (AvgIpc) is 3.04. The van der Waals surface area contributed by atoms with Crippen molar-refractivity contribution in [3.63, 3.8) is 0 Å². The first-order valence-electron chi connectivity index (χ1n) is 10.9. The summed E-state index contributed by atoms with van der Waals surface area (Å²) in [6.07, 6.45) is 1.53. The van der Waals surface area contributed by atoms with Gasteiger partial charge in [0.25, 0.3) is 0 Å². The molecule has 0 saturated heterocycles. The maximum Gasteiger partial charge on any atom is 1.00 e. The zero-order chi connectivity index (χ0) is 23.3. The van der Waals surface area contributed by atoms with Crippen LogP contribution in [0.3, 0.4) is 0 Å². The molecule has 7 nitrogen and oxygen atoms in total. The molecule has 0 saturated carbocycles. The molecule has 0 radical (unpaired) electrons. The van der Waals surface area contributed by atoms with Crippen molar-refractivity contribution in [1.29, 1.82) is 0 Å². The minimum absolute atomic E-state index is 0. The number of phenols is 1. The van der Waals surface area contributed by atoms with Crippen LogP contribution in [-0.2, 0) is 17.6 Å². The number of rotatable bonds is 11. The number of aliphatic carboxylic acids is 1. The summed E-state index contributed by atoms with van der Waals surface area (Å²) in [5.41, 5.74) is 2.57. The molecule has 2 unspecified atom stereocenters. The molecule has 1 aliphatic carbocycles. The van der Waals surface area contributed by atoms with Gasteiger partial charge >= 0.3 is 29.6 Å². The average molecular weight is 464 g/mol. The van der Waals surface area contributed by atoms with E-state index in [0.717, 1.165) is 17.5 Å². The fraction of sp³-hybridized carbons (Fsp3) is 0.440. The number of fused-ring (bicyclic) bond motifs is 1. The molecule has 33 heavy (non-hydrogen) atoms. The van der Waals surface area contributed by atoms with Crippen LogP contribution >= 0.6 is 0 Å². The predicted molar refractivity (Wildman–Crippen MR) is 116 cm³/mol. The van der Waals surface area contributed by atoms with E-state index in [1.807, 2.05) is 13.0 Å². The van der Waals surface area contributed by atoms with Crippen LogP contribution in [0, 0.1) is 5.92 Å². The van der Waals surface area contributed by atoms with E-state index in [9.17, 15) is 24.9 Å². The number of carbonyl (C=O) groups is 2. The van der Waals surface area contributed by atoms with Gasteiger partial charge in [0.15, 0.2) is 5.78 Å². The number of Topliss-reactive ketones (excluding diaryl/α,β-unsaturated/α-hetero) is 1. The Bertz CT molecular complexity index is 989. The molecule has 0 heterocycles. The first kappa shape index (κ1) is 27.2. The van der Waals surface area contributed by atoms with Gasteiger partial charge in [-0.25, -0.2) is 0 Å². The van der Waals surface area contributed by atoms with Crippen molar-refractivity contribution in [2.24, 2.45) is 5.92 Å². The molecule has 0 aliphatic heterocycles. The number of aliphatic hydroxyl groups excluding tert-OH is 1. The third-order valence-corrected chi connectivity index (χ3v) is 5.72. The number of carboxylic acid groups (broad SMARTS) is 1. The number of ether oxygens (including phenoxy) is 2. The van der Waals surface area contributed by atoms with Crippen LogP contribution in [0.5, 0.6) is 17.2 Å². The van der Waals surface area contributed by atoms with E-state index in [4.69, 9.17) is 9.47 Å². The third kappa shape index (κ3) is 6.73. The molecule has 0 spiro atoms. The van der Waals surface area contributed by atoms with Gasteiger partial charge in [0.2, 0.25) is 0 Å². The molecule has 2 atom stereocenters. The zero-order valence-electron chi connectivity index (χ0n) is 19.4. The van der Waals surface area contributed by atoms with Crippen molar-refractivity contribution in [1.82, 2.24) is 0 Å². The Hall–Kier alpha value is -2.06. The summed E-state index contributed by atoms with van der Waals surface area (Å²) in [5.74, 6) is -0.510. The van der Waals surface area contributed by atoms with E-state index in [-0.39, 0.29) is 53.4 Å². The maximum atomic E-state index is 11.7. The van der Waals surface area contributed by atoms with Crippen LogP contribution in [-0.4, -0.2) is 35.2 Å². The van der Waals surface area contributed by atoms with Crippen molar-refractivity contribution in [2.45, 2.75) is 52.1 Å². The van der Waals surface area contributed by atoms with E-state index in [2.05, 4.69) is 0 Å². The van der Waals surface area contributed by atoms with Gasteiger partial charge in [-0.2, -0.15) is 0 Å². The van der Waals surface area contributed by atoms with Gasteiger partial charge in [0.05, 0.1) is 24.9 Å². The first-order chi connectivity index (χ1) is 15.3. The van der Waals surface area contributed by atoms with E-state index >= 15 is 0 Å². The molecule has 172 valence electrons. The fourth-order valence-corrected chi connectivity index (χ4v) is 4.14. The van der Waals surface area contributed by atoms with Crippen LogP contribution in [0.4, 0.5) is 0 Å². The molecule has 0 bridgehead atoms. The topological polar surface area (TPSA) is 116 Å². The molecular weight excluding hydrogens is 435 g/mol. The van der Waals surface area contributed by atoms with Crippen molar-refractivity contribution in [2.75, 3.05) is 13.2 Å². The number of carbonyl (C=O) groups excluding carboxylic acids is 2. The summed E-state index contributed by atoms with van der Waals surface area (Å²) in [4.78, 5) is 22.5. The minimum atomic E-state index is -1.16. The Morgan fingerprint density at radius 1 is 1.15 bits per heavy atom. The largest absolute Gasteiger partial charge is 1.00 e. The summed E-state index contributed by atoms with van der Waals surface area (Å²) < 4.78 is 11.6. The van der Waals surface area contributed by atoms with E-state index < -0.39 is 12.1 Å². The van der Waals surface area contributed by atoms with Gasteiger partial charge in [0, 0.05) is 18.0 Å². The number of aliphatic hydroxyl groups is 1. The Kier molecular flexibility index (Phi) is 10.2. The van der Waals surface area contributed by atoms with E-state index in [1.165, 1.54) is 6.92 Å². The Labute approximate surface area is 216 Å². The van der Waals surface area contributed by atoms with E-state index in [1.54, 1.807) is 24.3 Å². The van der Waals surface area contributed by atoms with Gasteiger partial charge in [-0.15, -0.1) is 0 Å². The third-order valence-electron chi connectivity index (χ3n) is 5.72. The fourth-order valence-electron chi connectivity index (χ4n) is 4.14. The zero-order valence-corrected chi connectivity index (χ0v) is 21.4. The van der Waals surface area contributed by atoms with Crippen molar-refractivity contribution < 1.29 is 63.9 Å². The summed E-state index contributed by atoms with van der Waals surface area (Å²) in [5, 5.41) is 31.5. The number of phenolic OH excluding ortho intramolecular Hbond substituents is 1. The van der Waals surface area contributed by atoms with Crippen LogP contribution < -0.4 is 44.1 Å². The molecular formula is C25H29NaO7. The number of aromatic hydroxyl groups is 1. The van der Waals surface area contributed by atoms with Crippen molar-refractivity contribution >= 4 is 11.8 Å². The normalized spacial score (nSPS) is 16.6.